The molecule has 1 aliphatic heterocycles. The highest BCUT2D eigenvalue weighted by Crippen LogP contribution is 2.24. The van der Waals surface area contributed by atoms with Crippen LogP contribution in [-0.2, 0) is 28.7 Å². The number of Topliss-reactive ketones (excluding diaryl/α,β-unsaturated/α-hetero) is 1. The lowest BCUT2D eigenvalue weighted by molar-refractivity contribution is -0.150. The van der Waals surface area contributed by atoms with Crippen LogP contribution in [-0.4, -0.2) is 42.1 Å². The number of esters is 2. The molecule has 0 aromatic carbocycles. The van der Waals surface area contributed by atoms with Crippen molar-refractivity contribution in [2.45, 2.75) is 84.0 Å². The van der Waals surface area contributed by atoms with E-state index in [0.29, 0.717) is 11.3 Å². The molecule has 1 saturated heterocycles. The Morgan fingerprint density at radius 3 is 2.09 bits per heavy atom. The molecule has 0 aromatic rings. The van der Waals surface area contributed by atoms with E-state index in [2.05, 4.69) is 11.9 Å². The minimum absolute atomic E-state index is 0.0244. The molecule has 2 amide bonds. The maximum Gasteiger partial charge on any atom is 0.333 e. The van der Waals surface area contributed by atoms with Crippen LogP contribution < -0.4 is 5.32 Å². The molecule has 1 heterocycles. The number of hydrogen-bond donors (Lipinski definition) is 1. The lowest BCUT2D eigenvalue weighted by atomic mass is 10.0. The zero-order valence-electron chi connectivity index (χ0n) is 19.4. The summed E-state index contributed by atoms with van der Waals surface area (Å²) < 4.78 is 9.74. The smallest absolute Gasteiger partial charge is 0.333 e. The van der Waals surface area contributed by atoms with Gasteiger partial charge < -0.3 is 9.47 Å². The van der Waals surface area contributed by atoms with E-state index in [1.165, 1.54) is 6.92 Å². The molecule has 1 aliphatic rings. The molecule has 0 saturated carbocycles. The summed E-state index contributed by atoms with van der Waals surface area (Å²) in [6.45, 7) is 4.93. The van der Waals surface area contributed by atoms with Crippen molar-refractivity contribution < 1.29 is 33.4 Å². The molecule has 1 rings (SSSR count). The van der Waals surface area contributed by atoms with E-state index < -0.39 is 11.9 Å². The number of amides is 2. The summed E-state index contributed by atoms with van der Waals surface area (Å²) in [6.07, 6.45) is 11.8. The van der Waals surface area contributed by atoms with Gasteiger partial charge in [0.25, 0.3) is 11.1 Å². The van der Waals surface area contributed by atoms with Gasteiger partial charge in [0.05, 0.1) is 11.3 Å². The summed E-state index contributed by atoms with van der Waals surface area (Å²) in [6, 6.07) is 0. The Bertz CT molecular complexity index is 745. The molecule has 0 aliphatic carbocycles. The molecule has 0 atom stereocenters. The number of hydrogen-bond acceptors (Lipinski definition) is 8. The first kappa shape index (κ1) is 28.6. The van der Waals surface area contributed by atoms with Crippen LogP contribution >= 0.6 is 11.8 Å². The van der Waals surface area contributed by atoms with Crippen LogP contribution in [0.15, 0.2) is 23.1 Å². The highest BCUT2D eigenvalue weighted by atomic mass is 32.2. The summed E-state index contributed by atoms with van der Waals surface area (Å²) in [5.74, 6) is -1.22. The Kier molecular flexibility index (Phi) is 14.8. The molecular formula is C24H35NO7S. The maximum atomic E-state index is 11.9. The molecule has 33 heavy (non-hydrogen) atoms. The summed E-state index contributed by atoms with van der Waals surface area (Å²) >= 11 is 0.962. The van der Waals surface area contributed by atoms with E-state index in [-0.39, 0.29) is 48.6 Å². The molecule has 0 spiro atoms. The molecule has 1 N–H and O–H groups in total. The Balaban J connectivity index is 1.88. The average molecular weight is 482 g/mol. The molecule has 1 fully saturated rings. The predicted molar refractivity (Wildman–Crippen MR) is 126 cm³/mol. The number of thioether (sulfide) groups is 1. The zero-order valence-corrected chi connectivity index (χ0v) is 20.3. The molecular weight excluding hydrogens is 446 g/mol. The van der Waals surface area contributed by atoms with E-state index in [1.807, 2.05) is 6.08 Å². The van der Waals surface area contributed by atoms with Gasteiger partial charge in [-0.3, -0.25) is 24.5 Å². The number of imide groups is 1. The van der Waals surface area contributed by atoms with Crippen LogP contribution in [0, 0.1) is 0 Å². The number of allylic oxidation sites excluding steroid dienone is 1. The van der Waals surface area contributed by atoms with E-state index in [0.717, 1.165) is 69.5 Å². The van der Waals surface area contributed by atoms with Crippen molar-refractivity contribution in [3.63, 3.8) is 0 Å². The Hall–Kier alpha value is -2.42. The van der Waals surface area contributed by atoms with Gasteiger partial charge in [0.2, 0.25) is 0 Å². The van der Waals surface area contributed by atoms with Crippen molar-refractivity contribution in [2.24, 2.45) is 0 Å². The first-order valence-corrected chi connectivity index (χ1v) is 12.3. The quantitative estimate of drug-likeness (QED) is 0.169. The zero-order chi connectivity index (χ0) is 24.5. The number of carbonyl (C=O) groups is 5. The molecule has 0 bridgehead atoms. The second-order valence-electron chi connectivity index (χ2n) is 7.95. The normalized spacial score (nSPS) is 14.3. The van der Waals surface area contributed by atoms with Gasteiger partial charge in [-0.25, -0.2) is 4.79 Å². The Morgan fingerprint density at radius 1 is 0.879 bits per heavy atom. The van der Waals surface area contributed by atoms with Gasteiger partial charge in [0, 0.05) is 18.4 Å². The molecule has 9 heteroatoms. The third-order valence-electron chi connectivity index (χ3n) is 4.92. The van der Waals surface area contributed by atoms with Gasteiger partial charge in [-0.05, 0) is 37.9 Å². The highest BCUT2D eigenvalue weighted by Gasteiger charge is 2.24. The van der Waals surface area contributed by atoms with Crippen molar-refractivity contribution in [1.82, 2.24) is 5.32 Å². The van der Waals surface area contributed by atoms with Crippen LogP contribution in [0.2, 0.25) is 0 Å². The summed E-state index contributed by atoms with van der Waals surface area (Å²) in [5, 5.41) is 1.95. The van der Waals surface area contributed by atoms with E-state index in [4.69, 9.17) is 9.47 Å². The standard InChI is InChI=1S/C24H35NO7S/c1-18(2)23(29)32-17-16-31-21(27)15-14-19(26)12-10-8-6-4-3-5-7-9-11-13-20-22(28)25-24(30)33-20/h13H,1,3-12,14-17H2,2H3,(H,25,28,30)/b20-13-. The Labute approximate surface area is 199 Å². The molecule has 0 aromatic heterocycles. The van der Waals surface area contributed by atoms with Crippen molar-refractivity contribution in [3.8, 4) is 0 Å². The molecule has 0 unspecified atom stereocenters. The fraction of sp³-hybridized carbons (Fsp3) is 0.625. The lowest BCUT2D eigenvalue weighted by Gasteiger charge is -2.06. The van der Waals surface area contributed by atoms with Gasteiger partial charge in [0.15, 0.2) is 0 Å². The van der Waals surface area contributed by atoms with Crippen molar-refractivity contribution in [1.29, 1.82) is 0 Å². The molecule has 0 radical (unpaired) electrons. The molecule has 8 nitrogen and oxygen atoms in total. The number of carbonyl (C=O) groups excluding carboxylic acids is 5. The average Bonchev–Trinajstić information content (AvgIpc) is 3.09. The largest absolute Gasteiger partial charge is 0.462 e. The molecule has 184 valence electrons. The van der Waals surface area contributed by atoms with Crippen molar-refractivity contribution in [3.05, 3.63) is 23.1 Å². The minimum atomic E-state index is -0.524. The summed E-state index contributed by atoms with van der Waals surface area (Å²) in [4.78, 5) is 57.6. The Morgan fingerprint density at radius 2 is 1.48 bits per heavy atom. The summed E-state index contributed by atoms with van der Waals surface area (Å²) in [7, 11) is 0. The van der Waals surface area contributed by atoms with Crippen LogP contribution in [0.4, 0.5) is 4.79 Å². The number of ether oxygens (including phenoxy) is 2. The number of unbranched alkanes of at least 4 members (excludes halogenated alkanes) is 8. The highest BCUT2D eigenvalue weighted by molar-refractivity contribution is 8.18. The van der Waals surface area contributed by atoms with E-state index in [9.17, 15) is 24.0 Å². The fourth-order valence-corrected chi connectivity index (χ4v) is 3.76. The maximum absolute atomic E-state index is 11.9. The first-order valence-electron chi connectivity index (χ1n) is 11.5. The van der Waals surface area contributed by atoms with Crippen LogP contribution in [0.3, 0.4) is 0 Å². The number of ketones is 1. The van der Waals surface area contributed by atoms with E-state index in [1.54, 1.807) is 0 Å². The third kappa shape index (κ3) is 14.4. The van der Waals surface area contributed by atoms with Gasteiger partial charge in [-0.2, -0.15) is 0 Å². The van der Waals surface area contributed by atoms with Crippen LogP contribution in [0.1, 0.15) is 84.0 Å². The van der Waals surface area contributed by atoms with Crippen molar-refractivity contribution in [2.75, 3.05) is 13.2 Å². The second kappa shape index (κ2) is 17.1. The van der Waals surface area contributed by atoms with Gasteiger partial charge >= 0.3 is 11.9 Å². The SMILES string of the molecule is C=C(C)C(=O)OCCOC(=O)CCC(=O)CCCCCCCCCC/C=C1\SC(=O)NC1=O. The van der Waals surface area contributed by atoms with Gasteiger partial charge in [-0.1, -0.05) is 51.2 Å². The lowest BCUT2D eigenvalue weighted by Crippen LogP contribution is -2.17. The minimum Gasteiger partial charge on any atom is -0.462 e. The van der Waals surface area contributed by atoms with Gasteiger partial charge in [-0.15, -0.1) is 0 Å². The topological polar surface area (TPSA) is 116 Å². The van der Waals surface area contributed by atoms with Crippen molar-refractivity contribution >= 4 is 40.6 Å². The number of nitrogens with one attached hydrogen (secondary N) is 1. The van der Waals surface area contributed by atoms with Crippen LogP contribution in [0.5, 0.6) is 0 Å². The second-order valence-corrected chi connectivity index (χ2v) is 8.97. The van der Waals surface area contributed by atoms with E-state index >= 15 is 0 Å². The monoisotopic (exact) mass is 481 g/mol. The van der Waals surface area contributed by atoms with Gasteiger partial charge in [0.1, 0.15) is 19.0 Å². The number of rotatable bonds is 18. The summed E-state index contributed by atoms with van der Waals surface area (Å²) in [5.41, 5.74) is 0.285. The van der Waals surface area contributed by atoms with Crippen LogP contribution in [0.25, 0.3) is 0 Å². The third-order valence-corrected chi connectivity index (χ3v) is 5.78. The first-order chi connectivity index (χ1) is 15.8. The fourth-order valence-electron chi connectivity index (χ4n) is 3.07. The predicted octanol–water partition coefficient (Wildman–Crippen LogP) is 4.77.